The van der Waals surface area contributed by atoms with E-state index in [9.17, 15) is 22.8 Å². The summed E-state index contributed by atoms with van der Waals surface area (Å²) in [5.74, 6) is -1.50. The first-order valence-electron chi connectivity index (χ1n) is 11.4. The number of rotatable bonds is 10. The summed E-state index contributed by atoms with van der Waals surface area (Å²) in [6, 6.07) is 3.31. The van der Waals surface area contributed by atoms with E-state index in [-0.39, 0.29) is 11.8 Å². The van der Waals surface area contributed by atoms with Crippen LogP contribution >= 0.6 is 0 Å². The van der Waals surface area contributed by atoms with Crippen LogP contribution < -0.4 is 19.5 Å². The molecule has 1 fully saturated rings. The Morgan fingerprint density at radius 1 is 1.03 bits per heavy atom. The van der Waals surface area contributed by atoms with Gasteiger partial charge in [-0.3, -0.25) is 9.59 Å². The average molecular weight is 522 g/mol. The van der Waals surface area contributed by atoms with Crippen molar-refractivity contribution in [2.75, 3.05) is 60.6 Å². The highest BCUT2D eigenvalue weighted by atomic mass is 19.4. The number of carboxylic acid groups (broad SMARTS) is 1. The van der Waals surface area contributed by atoms with E-state index in [2.05, 4.69) is 12.2 Å². The number of hydrogen-bond acceptors (Lipinski definition) is 7. The Kier molecular flexibility index (Phi) is 12.9. The van der Waals surface area contributed by atoms with Crippen molar-refractivity contribution < 1.29 is 46.9 Å². The van der Waals surface area contributed by atoms with Crippen molar-refractivity contribution >= 4 is 17.8 Å². The van der Waals surface area contributed by atoms with Gasteiger partial charge in [-0.25, -0.2) is 4.79 Å². The number of piperazine rings is 1. The van der Waals surface area contributed by atoms with Gasteiger partial charge in [-0.15, -0.1) is 0 Å². The number of nitrogens with one attached hydrogen (secondary N) is 1. The monoisotopic (exact) mass is 521 g/mol. The molecule has 0 bridgehead atoms. The van der Waals surface area contributed by atoms with Gasteiger partial charge >= 0.3 is 12.1 Å². The van der Waals surface area contributed by atoms with Crippen LogP contribution in [0.1, 0.15) is 36.5 Å². The van der Waals surface area contributed by atoms with E-state index in [1.165, 1.54) is 21.3 Å². The number of benzene rings is 1. The molecule has 0 atom stereocenters. The van der Waals surface area contributed by atoms with Crippen LogP contribution in [0, 0.1) is 0 Å². The van der Waals surface area contributed by atoms with Gasteiger partial charge in [0.25, 0.3) is 5.91 Å². The number of carbonyl (C=O) groups is 3. The van der Waals surface area contributed by atoms with Gasteiger partial charge in [0.05, 0.1) is 21.3 Å². The summed E-state index contributed by atoms with van der Waals surface area (Å²) in [6.45, 7) is 6.13. The number of carboxylic acids is 1. The molecule has 0 unspecified atom stereocenters. The van der Waals surface area contributed by atoms with Gasteiger partial charge in [0.2, 0.25) is 11.7 Å². The predicted molar refractivity (Wildman–Crippen MR) is 125 cm³/mol. The van der Waals surface area contributed by atoms with Crippen molar-refractivity contribution in [2.24, 2.45) is 0 Å². The summed E-state index contributed by atoms with van der Waals surface area (Å²) in [4.78, 5) is 38.2. The van der Waals surface area contributed by atoms with Crippen LogP contribution in [0.4, 0.5) is 13.2 Å². The molecule has 10 nitrogen and oxygen atoms in total. The molecule has 1 saturated heterocycles. The van der Waals surface area contributed by atoms with Crippen molar-refractivity contribution in [3.05, 3.63) is 17.7 Å². The van der Waals surface area contributed by atoms with Gasteiger partial charge < -0.3 is 34.4 Å². The highest BCUT2D eigenvalue weighted by molar-refractivity contribution is 5.96. The molecule has 2 amide bonds. The third kappa shape index (κ3) is 9.44. The lowest BCUT2D eigenvalue weighted by molar-refractivity contribution is -0.192. The van der Waals surface area contributed by atoms with Crippen LogP contribution in [0.5, 0.6) is 17.2 Å². The second kappa shape index (κ2) is 15.0. The fraction of sp³-hybridized carbons (Fsp3) is 0.609. The van der Waals surface area contributed by atoms with Crippen molar-refractivity contribution in [1.82, 2.24) is 15.1 Å². The quantitative estimate of drug-likeness (QED) is 0.482. The Balaban J connectivity index is 0.000000809. The highest BCUT2D eigenvalue weighted by Gasteiger charge is 2.38. The fourth-order valence-electron chi connectivity index (χ4n) is 3.35. The molecule has 0 aromatic heterocycles. The molecule has 13 heteroatoms. The first-order valence-corrected chi connectivity index (χ1v) is 11.4. The van der Waals surface area contributed by atoms with Crippen LogP contribution in [-0.4, -0.2) is 99.5 Å². The van der Waals surface area contributed by atoms with Gasteiger partial charge in [0.15, 0.2) is 11.5 Å². The normalized spacial score (nSPS) is 13.2. The lowest BCUT2D eigenvalue weighted by Crippen LogP contribution is -2.47. The fourth-order valence-corrected chi connectivity index (χ4v) is 3.35. The second-order valence-corrected chi connectivity index (χ2v) is 7.74. The molecule has 1 aromatic rings. The molecule has 0 saturated carbocycles. The summed E-state index contributed by atoms with van der Waals surface area (Å²) >= 11 is 0. The number of aliphatic carboxylic acids is 1. The van der Waals surface area contributed by atoms with E-state index < -0.39 is 12.1 Å². The van der Waals surface area contributed by atoms with E-state index in [4.69, 9.17) is 24.1 Å². The maximum Gasteiger partial charge on any atom is 0.490 e. The number of amides is 2. The minimum absolute atomic E-state index is 0.0886. The number of hydrogen-bond donors (Lipinski definition) is 2. The first-order chi connectivity index (χ1) is 17.0. The molecule has 1 aromatic carbocycles. The minimum Gasteiger partial charge on any atom is -0.493 e. The zero-order valence-corrected chi connectivity index (χ0v) is 20.9. The third-order valence-electron chi connectivity index (χ3n) is 5.29. The largest absolute Gasteiger partial charge is 0.493 e. The molecular weight excluding hydrogens is 487 g/mol. The Labute approximate surface area is 208 Å². The minimum atomic E-state index is -5.08. The molecule has 1 aliphatic heterocycles. The smallest absolute Gasteiger partial charge is 0.490 e. The van der Waals surface area contributed by atoms with E-state index in [0.717, 1.165) is 25.9 Å². The van der Waals surface area contributed by atoms with Crippen molar-refractivity contribution in [2.45, 2.75) is 32.4 Å². The van der Waals surface area contributed by atoms with Gasteiger partial charge in [-0.2, -0.15) is 13.2 Å². The number of nitrogens with zero attached hydrogens (tertiary/aromatic N) is 2. The molecular formula is C23H34F3N3O7. The van der Waals surface area contributed by atoms with E-state index >= 15 is 0 Å². The van der Waals surface area contributed by atoms with Crippen molar-refractivity contribution in [3.8, 4) is 17.2 Å². The van der Waals surface area contributed by atoms with E-state index in [1.54, 1.807) is 17.0 Å². The molecule has 0 aliphatic carbocycles. The van der Waals surface area contributed by atoms with Gasteiger partial charge in [-0.1, -0.05) is 13.3 Å². The number of ether oxygens (including phenoxy) is 3. The Bertz CT molecular complexity index is 850. The Hall–Kier alpha value is -3.22. The summed E-state index contributed by atoms with van der Waals surface area (Å²) in [5, 5.41) is 10.4. The van der Waals surface area contributed by atoms with Crippen LogP contribution in [0.3, 0.4) is 0 Å². The SMILES string of the molecule is CCCCN(CCC(=O)N1CCNCC1)C(=O)c1cc(OC)c(OC)c(OC)c1.O=C(O)C(F)(F)F. The maximum atomic E-state index is 13.2. The highest BCUT2D eigenvalue weighted by Crippen LogP contribution is 2.38. The lowest BCUT2D eigenvalue weighted by Gasteiger charge is -2.29. The molecule has 1 heterocycles. The summed E-state index contributed by atoms with van der Waals surface area (Å²) in [7, 11) is 4.57. The van der Waals surface area contributed by atoms with Crippen molar-refractivity contribution in [1.29, 1.82) is 0 Å². The molecule has 0 radical (unpaired) electrons. The van der Waals surface area contributed by atoms with Crippen LogP contribution in [0.15, 0.2) is 12.1 Å². The summed E-state index contributed by atoms with van der Waals surface area (Å²) < 4.78 is 47.8. The predicted octanol–water partition coefficient (Wildman–Crippen LogP) is 2.41. The molecule has 2 rings (SSSR count). The van der Waals surface area contributed by atoms with Crippen molar-refractivity contribution in [3.63, 3.8) is 0 Å². The molecule has 1 aliphatic rings. The maximum absolute atomic E-state index is 13.2. The van der Waals surface area contributed by atoms with Crippen LogP contribution in [-0.2, 0) is 9.59 Å². The number of unbranched alkanes of at least 4 members (excludes halogenated alkanes) is 1. The zero-order chi connectivity index (χ0) is 27.3. The molecule has 204 valence electrons. The van der Waals surface area contributed by atoms with Gasteiger partial charge in [-0.05, 0) is 18.6 Å². The number of halogens is 3. The van der Waals surface area contributed by atoms with Crippen LogP contribution in [0.25, 0.3) is 0 Å². The summed E-state index contributed by atoms with van der Waals surface area (Å²) in [6.07, 6.45) is -2.93. The van der Waals surface area contributed by atoms with Gasteiger partial charge in [0.1, 0.15) is 0 Å². The number of carbonyl (C=O) groups excluding carboxylic acids is 2. The Morgan fingerprint density at radius 3 is 1.97 bits per heavy atom. The standard InChI is InChI=1S/C21H33N3O5.C2HF3O2/c1-5-6-10-24(11-7-19(25)23-12-8-22-9-13-23)21(26)16-14-17(27-2)20(29-4)18(15-16)28-3;3-2(4,5)1(6)7/h14-15,22H,5-13H2,1-4H3;(H,6,7). The molecule has 36 heavy (non-hydrogen) atoms. The van der Waals surface area contributed by atoms with E-state index in [0.29, 0.717) is 55.4 Å². The zero-order valence-electron chi connectivity index (χ0n) is 20.9. The average Bonchev–Trinajstić information content (AvgIpc) is 2.87. The molecule has 2 N–H and O–H groups in total. The second-order valence-electron chi connectivity index (χ2n) is 7.74. The number of methoxy groups -OCH3 is 3. The first kappa shape index (κ1) is 30.8. The van der Waals surface area contributed by atoms with Crippen LogP contribution in [0.2, 0.25) is 0 Å². The lowest BCUT2D eigenvalue weighted by atomic mass is 10.1. The Morgan fingerprint density at radius 2 is 1.56 bits per heavy atom. The summed E-state index contributed by atoms with van der Waals surface area (Å²) in [5.41, 5.74) is 0.449. The number of alkyl halides is 3. The van der Waals surface area contributed by atoms with E-state index in [1.807, 2.05) is 4.90 Å². The topological polar surface area (TPSA) is 118 Å². The van der Waals surface area contributed by atoms with Gasteiger partial charge in [0, 0.05) is 51.3 Å². The molecule has 0 spiro atoms. The third-order valence-corrected chi connectivity index (χ3v) is 5.29.